The van der Waals surface area contributed by atoms with Gasteiger partial charge in [-0.15, -0.1) is 0 Å². The number of hydrogen-bond donors (Lipinski definition) is 2. The highest BCUT2D eigenvalue weighted by Gasteiger charge is 2.25. The molecule has 0 saturated carbocycles. The van der Waals surface area contributed by atoms with E-state index in [0.29, 0.717) is 11.1 Å². The zero-order chi connectivity index (χ0) is 17.3. The van der Waals surface area contributed by atoms with Gasteiger partial charge in [0.25, 0.3) is 5.91 Å². The van der Waals surface area contributed by atoms with Crippen molar-refractivity contribution in [3.8, 4) is 0 Å². The van der Waals surface area contributed by atoms with Crippen LogP contribution in [0.4, 0.5) is 4.39 Å². The van der Waals surface area contributed by atoms with E-state index in [2.05, 4.69) is 5.32 Å². The first-order chi connectivity index (χ1) is 11.4. The summed E-state index contributed by atoms with van der Waals surface area (Å²) < 4.78 is 18.6. The summed E-state index contributed by atoms with van der Waals surface area (Å²) in [6.45, 7) is 3.36. The Labute approximate surface area is 138 Å². The fourth-order valence-corrected chi connectivity index (χ4v) is 2.63. The van der Waals surface area contributed by atoms with Crippen molar-refractivity contribution < 1.29 is 18.7 Å². The van der Waals surface area contributed by atoms with Crippen molar-refractivity contribution in [2.24, 2.45) is 0 Å². The van der Waals surface area contributed by atoms with Crippen LogP contribution in [0, 0.1) is 12.7 Å². The Morgan fingerprint density at radius 3 is 2.54 bits per heavy atom. The van der Waals surface area contributed by atoms with Gasteiger partial charge in [-0.2, -0.15) is 0 Å². The lowest BCUT2D eigenvalue weighted by atomic mass is 9.96. The number of halogens is 1. The number of aliphatic hydroxyl groups is 1. The number of amides is 1. The van der Waals surface area contributed by atoms with E-state index in [9.17, 15) is 14.3 Å². The average Bonchev–Trinajstić information content (AvgIpc) is 2.91. The van der Waals surface area contributed by atoms with Crippen LogP contribution in [0.25, 0.3) is 11.0 Å². The smallest absolute Gasteiger partial charge is 0.287 e. The lowest BCUT2D eigenvalue weighted by molar-refractivity contribution is 0.0518. The molecule has 1 atom stereocenters. The second-order valence-corrected chi connectivity index (χ2v) is 6.02. The summed E-state index contributed by atoms with van der Waals surface area (Å²) in [5.74, 6) is -0.548. The van der Waals surface area contributed by atoms with Gasteiger partial charge in [0.1, 0.15) is 17.0 Å². The van der Waals surface area contributed by atoms with E-state index in [0.717, 1.165) is 10.9 Å². The maximum absolute atomic E-state index is 13.0. The predicted octanol–water partition coefficient (Wildman–Crippen LogP) is 3.52. The molecule has 0 saturated heterocycles. The number of nitrogens with one attached hydrogen (secondary N) is 1. The van der Waals surface area contributed by atoms with Crippen LogP contribution < -0.4 is 5.32 Å². The number of furan rings is 1. The van der Waals surface area contributed by atoms with Crippen LogP contribution >= 0.6 is 0 Å². The fraction of sp³-hybridized carbons (Fsp3) is 0.211. The topological polar surface area (TPSA) is 62.5 Å². The number of benzene rings is 2. The molecule has 24 heavy (non-hydrogen) atoms. The van der Waals surface area contributed by atoms with E-state index in [4.69, 9.17) is 4.42 Å². The number of para-hydroxylation sites is 1. The van der Waals surface area contributed by atoms with Crippen molar-refractivity contribution >= 4 is 16.9 Å². The third-order valence-electron chi connectivity index (χ3n) is 4.11. The van der Waals surface area contributed by atoms with Crippen molar-refractivity contribution in [3.63, 3.8) is 0 Å². The molecular formula is C19H18FNO3. The van der Waals surface area contributed by atoms with Crippen LogP contribution in [0.5, 0.6) is 0 Å². The Morgan fingerprint density at radius 1 is 1.21 bits per heavy atom. The van der Waals surface area contributed by atoms with Gasteiger partial charge < -0.3 is 14.8 Å². The van der Waals surface area contributed by atoms with Crippen molar-refractivity contribution in [1.82, 2.24) is 5.32 Å². The van der Waals surface area contributed by atoms with E-state index in [1.165, 1.54) is 24.3 Å². The van der Waals surface area contributed by atoms with Gasteiger partial charge in [0, 0.05) is 10.9 Å². The zero-order valence-electron chi connectivity index (χ0n) is 13.5. The number of aryl methyl sites for hydroxylation is 1. The van der Waals surface area contributed by atoms with Crippen LogP contribution in [0.1, 0.15) is 28.6 Å². The second kappa shape index (κ2) is 6.09. The first-order valence-corrected chi connectivity index (χ1v) is 7.63. The van der Waals surface area contributed by atoms with Gasteiger partial charge >= 0.3 is 0 Å². The number of carbonyl (C=O) groups is 1. The lowest BCUT2D eigenvalue weighted by Crippen LogP contribution is -2.38. The molecule has 0 aliphatic rings. The third kappa shape index (κ3) is 3.03. The predicted molar refractivity (Wildman–Crippen MR) is 89.3 cm³/mol. The molecular weight excluding hydrogens is 309 g/mol. The van der Waals surface area contributed by atoms with Gasteiger partial charge in [-0.25, -0.2) is 4.39 Å². The van der Waals surface area contributed by atoms with Crippen LogP contribution in [-0.4, -0.2) is 17.6 Å². The van der Waals surface area contributed by atoms with E-state index < -0.39 is 11.5 Å². The normalized spacial score (nSPS) is 13.7. The summed E-state index contributed by atoms with van der Waals surface area (Å²) in [5.41, 5.74) is 0.601. The molecule has 3 rings (SSSR count). The summed E-state index contributed by atoms with van der Waals surface area (Å²) in [5, 5.41) is 14.1. The maximum atomic E-state index is 13.0. The minimum atomic E-state index is -1.32. The zero-order valence-corrected chi connectivity index (χ0v) is 13.5. The molecule has 1 aromatic heterocycles. The fourth-order valence-electron chi connectivity index (χ4n) is 2.63. The molecule has 0 aliphatic heterocycles. The number of hydrogen-bond acceptors (Lipinski definition) is 3. The summed E-state index contributed by atoms with van der Waals surface area (Å²) in [6.07, 6.45) is 0. The van der Waals surface area contributed by atoms with Crippen LogP contribution in [-0.2, 0) is 5.60 Å². The first-order valence-electron chi connectivity index (χ1n) is 7.63. The van der Waals surface area contributed by atoms with Gasteiger partial charge in [-0.3, -0.25) is 4.79 Å². The van der Waals surface area contributed by atoms with Crippen LogP contribution in [0.2, 0.25) is 0 Å². The Morgan fingerprint density at radius 2 is 1.88 bits per heavy atom. The molecule has 1 amide bonds. The van der Waals surface area contributed by atoms with Gasteiger partial charge in [-0.05, 0) is 37.6 Å². The van der Waals surface area contributed by atoms with Gasteiger partial charge in [-0.1, -0.05) is 30.3 Å². The highest BCUT2D eigenvalue weighted by Crippen LogP contribution is 2.25. The van der Waals surface area contributed by atoms with E-state index in [-0.39, 0.29) is 18.1 Å². The maximum Gasteiger partial charge on any atom is 0.287 e. The Bertz CT molecular complexity index is 881. The molecule has 4 nitrogen and oxygen atoms in total. The molecule has 124 valence electrons. The molecule has 3 aromatic rings. The first kappa shape index (κ1) is 16.2. The average molecular weight is 327 g/mol. The molecule has 0 aliphatic carbocycles. The Hall–Kier alpha value is -2.66. The van der Waals surface area contributed by atoms with Gasteiger partial charge in [0.2, 0.25) is 0 Å². The highest BCUT2D eigenvalue weighted by atomic mass is 19.1. The van der Waals surface area contributed by atoms with E-state index in [1.807, 2.05) is 25.1 Å². The minimum absolute atomic E-state index is 0.0199. The lowest BCUT2D eigenvalue weighted by Gasteiger charge is -2.24. The molecule has 2 N–H and O–H groups in total. The van der Waals surface area contributed by atoms with Crippen molar-refractivity contribution in [1.29, 1.82) is 0 Å². The quantitative estimate of drug-likeness (QED) is 0.771. The molecule has 2 aromatic carbocycles. The Kier molecular flexibility index (Phi) is 4.11. The van der Waals surface area contributed by atoms with Gasteiger partial charge in [0.15, 0.2) is 5.76 Å². The number of fused-ring (bicyclic) bond motifs is 1. The molecule has 1 unspecified atom stereocenters. The largest absolute Gasteiger partial charge is 0.451 e. The summed E-state index contributed by atoms with van der Waals surface area (Å²) in [4.78, 5) is 12.4. The van der Waals surface area contributed by atoms with Crippen molar-refractivity contribution in [2.75, 3.05) is 6.54 Å². The summed E-state index contributed by atoms with van der Waals surface area (Å²) >= 11 is 0. The molecule has 0 spiro atoms. The SMILES string of the molecule is Cc1c(C(=O)NCC(C)(O)c2ccc(F)cc2)oc2ccccc12. The molecule has 5 heteroatoms. The molecule has 0 radical (unpaired) electrons. The van der Waals surface area contributed by atoms with Crippen molar-refractivity contribution in [3.05, 3.63) is 71.2 Å². The Balaban J connectivity index is 1.76. The van der Waals surface area contributed by atoms with E-state index in [1.54, 1.807) is 13.0 Å². The molecule has 0 fully saturated rings. The standard InChI is InChI=1S/C19H18FNO3/c1-12-15-5-3-4-6-16(15)24-17(12)18(22)21-11-19(2,23)13-7-9-14(20)10-8-13/h3-10,23H,11H2,1-2H3,(H,21,22). The second-order valence-electron chi connectivity index (χ2n) is 6.02. The third-order valence-corrected chi connectivity index (χ3v) is 4.11. The summed E-state index contributed by atoms with van der Waals surface area (Å²) in [6, 6.07) is 12.9. The van der Waals surface area contributed by atoms with Crippen LogP contribution in [0.15, 0.2) is 52.9 Å². The minimum Gasteiger partial charge on any atom is -0.451 e. The summed E-state index contributed by atoms with van der Waals surface area (Å²) in [7, 11) is 0. The molecule has 1 heterocycles. The number of rotatable bonds is 4. The van der Waals surface area contributed by atoms with Crippen molar-refractivity contribution in [2.45, 2.75) is 19.4 Å². The number of carbonyl (C=O) groups excluding carboxylic acids is 1. The molecule has 0 bridgehead atoms. The van der Waals surface area contributed by atoms with Crippen LogP contribution in [0.3, 0.4) is 0 Å². The highest BCUT2D eigenvalue weighted by molar-refractivity contribution is 5.98. The van der Waals surface area contributed by atoms with Gasteiger partial charge in [0.05, 0.1) is 6.54 Å². The monoisotopic (exact) mass is 327 g/mol. The van der Waals surface area contributed by atoms with E-state index >= 15 is 0 Å².